The van der Waals surface area contributed by atoms with Crippen LogP contribution in [0.1, 0.15) is 46.2 Å². The van der Waals surface area contributed by atoms with E-state index in [1.165, 1.54) is 0 Å². The van der Waals surface area contributed by atoms with E-state index in [-0.39, 0.29) is 17.4 Å². The van der Waals surface area contributed by atoms with E-state index in [4.69, 9.17) is 4.74 Å². The van der Waals surface area contributed by atoms with Crippen LogP contribution < -0.4 is 5.32 Å². The minimum atomic E-state index is -0.827. The second kappa shape index (κ2) is 5.87. The maximum absolute atomic E-state index is 12.2. The Morgan fingerprint density at radius 2 is 1.78 bits per heavy atom. The van der Waals surface area contributed by atoms with E-state index >= 15 is 0 Å². The van der Waals surface area contributed by atoms with Crippen molar-refractivity contribution in [2.45, 2.75) is 46.3 Å². The minimum Gasteiger partial charge on any atom is -0.481 e. The summed E-state index contributed by atoms with van der Waals surface area (Å²) in [5.41, 5.74) is -0.0852. The van der Waals surface area contributed by atoms with Gasteiger partial charge in [0, 0.05) is 5.92 Å². The van der Waals surface area contributed by atoms with E-state index in [9.17, 15) is 14.7 Å². The third-order valence-corrected chi connectivity index (χ3v) is 4.37. The highest BCUT2D eigenvalue weighted by Gasteiger charge is 2.65. The van der Waals surface area contributed by atoms with E-state index in [0.717, 1.165) is 5.56 Å². The van der Waals surface area contributed by atoms with Crippen LogP contribution in [0.25, 0.3) is 0 Å². The van der Waals surface area contributed by atoms with Gasteiger partial charge in [-0.05, 0) is 31.7 Å². The summed E-state index contributed by atoms with van der Waals surface area (Å²) in [5, 5.41) is 12.3. The lowest BCUT2D eigenvalue weighted by atomic mass is 9.97. The van der Waals surface area contributed by atoms with E-state index in [0.29, 0.717) is 0 Å². The molecule has 2 N–H and O–H groups in total. The number of ether oxygens (including phenoxy) is 1. The van der Waals surface area contributed by atoms with Crippen LogP contribution in [-0.2, 0) is 9.53 Å². The first kappa shape index (κ1) is 17.3. The van der Waals surface area contributed by atoms with Crippen molar-refractivity contribution < 1.29 is 19.4 Å². The highest BCUT2D eigenvalue weighted by atomic mass is 16.6. The molecule has 0 aromatic heterocycles. The van der Waals surface area contributed by atoms with Gasteiger partial charge >= 0.3 is 12.1 Å². The fourth-order valence-electron chi connectivity index (χ4n) is 3.25. The summed E-state index contributed by atoms with van der Waals surface area (Å²) in [4.78, 5) is 23.7. The molecular weight excluding hydrogens is 294 g/mol. The van der Waals surface area contributed by atoms with Crippen LogP contribution in [0.3, 0.4) is 0 Å². The molecule has 0 bridgehead atoms. The molecule has 1 saturated carbocycles. The summed E-state index contributed by atoms with van der Waals surface area (Å²) < 4.78 is 5.33. The van der Waals surface area contributed by atoms with Gasteiger partial charge in [-0.2, -0.15) is 0 Å². The smallest absolute Gasteiger partial charge is 0.408 e. The molecule has 23 heavy (non-hydrogen) atoms. The van der Waals surface area contributed by atoms with Gasteiger partial charge in [0.1, 0.15) is 5.60 Å². The van der Waals surface area contributed by atoms with E-state index in [1.807, 2.05) is 44.2 Å². The van der Waals surface area contributed by atoms with Gasteiger partial charge in [-0.25, -0.2) is 4.79 Å². The number of hydrogen-bond acceptors (Lipinski definition) is 3. The molecule has 0 saturated heterocycles. The van der Waals surface area contributed by atoms with Gasteiger partial charge in [-0.3, -0.25) is 4.79 Å². The first-order valence-electron chi connectivity index (χ1n) is 7.81. The molecule has 126 valence electrons. The van der Waals surface area contributed by atoms with Gasteiger partial charge in [-0.1, -0.05) is 44.2 Å². The van der Waals surface area contributed by atoms with Crippen molar-refractivity contribution in [3.63, 3.8) is 0 Å². The SMILES string of the molecule is CC(C)(C)OC(=O)NC(c1ccccc1)C1C(C(=O)O)C1(C)C. The molecular formula is C18H25NO4. The first-order chi connectivity index (χ1) is 10.5. The average Bonchev–Trinajstić information content (AvgIpc) is 2.98. The molecule has 0 heterocycles. The average molecular weight is 319 g/mol. The molecule has 5 nitrogen and oxygen atoms in total. The fourth-order valence-corrected chi connectivity index (χ4v) is 3.25. The highest BCUT2D eigenvalue weighted by molar-refractivity contribution is 5.76. The third kappa shape index (κ3) is 3.84. The molecule has 1 aromatic rings. The van der Waals surface area contributed by atoms with E-state index in [1.54, 1.807) is 20.8 Å². The van der Waals surface area contributed by atoms with Crippen LogP contribution in [-0.4, -0.2) is 22.8 Å². The van der Waals surface area contributed by atoms with Crippen molar-refractivity contribution in [1.29, 1.82) is 0 Å². The zero-order chi connectivity index (χ0) is 17.4. The summed E-state index contributed by atoms with van der Waals surface area (Å²) in [6.45, 7) is 9.23. The minimum absolute atomic E-state index is 0.171. The van der Waals surface area contributed by atoms with E-state index in [2.05, 4.69) is 5.32 Å². The van der Waals surface area contributed by atoms with Gasteiger partial charge in [-0.15, -0.1) is 0 Å². The number of rotatable bonds is 4. The maximum atomic E-state index is 12.2. The topological polar surface area (TPSA) is 75.6 Å². The summed E-state index contributed by atoms with van der Waals surface area (Å²) in [5.74, 6) is -1.48. The monoisotopic (exact) mass is 319 g/mol. The molecule has 3 atom stereocenters. The van der Waals surface area contributed by atoms with Gasteiger partial charge in [0.15, 0.2) is 0 Å². The summed E-state index contributed by atoms with van der Waals surface area (Å²) in [6, 6.07) is 9.06. The Kier molecular flexibility index (Phi) is 4.42. The molecule has 3 unspecified atom stereocenters. The number of benzene rings is 1. The van der Waals surface area contributed by atoms with Crippen LogP contribution in [0.5, 0.6) is 0 Å². The van der Waals surface area contributed by atoms with Crippen molar-refractivity contribution >= 4 is 12.1 Å². The second-order valence-electron chi connectivity index (χ2n) is 7.70. The van der Waals surface area contributed by atoms with Crippen molar-refractivity contribution in [1.82, 2.24) is 5.32 Å². The molecule has 0 radical (unpaired) electrons. The van der Waals surface area contributed by atoms with Crippen LogP contribution in [0, 0.1) is 17.3 Å². The lowest BCUT2D eigenvalue weighted by Gasteiger charge is -2.25. The van der Waals surface area contributed by atoms with Crippen molar-refractivity contribution in [2.24, 2.45) is 17.3 Å². The van der Waals surface area contributed by atoms with Gasteiger partial charge < -0.3 is 15.2 Å². The van der Waals surface area contributed by atoms with Gasteiger partial charge in [0.2, 0.25) is 0 Å². The van der Waals surface area contributed by atoms with Gasteiger partial charge in [0.25, 0.3) is 0 Å². The predicted molar refractivity (Wildman–Crippen MR) is 86.9 cm³/mol. The number of hydrogen-bond donors (Lipinski definition) is 2. The van der Waals surface area contributed by atoms with Crippen molar-refractivity contribution in [3.8, 4) is 0 Å². The highest BCUT2D eigenvalue weighted by Crippen LogP contribution is 2.63. The number of alkyl carbamates (subject to hydrolysis) is 1. The van der Waals surface area contributed by atoms with E-state index < -0.39 is 23.6 Å². The second-order valence-corrected chi connectivity index (χ2v) is 7.70. The number of nitrogens with one attached hydrogen (secondary N) is 1. The standard InChI is InChI=1S/C18H25NO4/c1-17(2,3)23-16(22)19-14(11-9-7-6-8-10-11)12-13(15(20)21)18(12,4)5/h6-10,12-14H,1-5H3,(H,19,22)(H,20,21). The largest absolute Gasteiger partial charge is 0.481 e. The maximum Gasteiger partial charge on any atom is 0.408 e. The Morgan fingerprint density at radius 1 is 1.22 bits per heavy atom. The Labute approximate surface area is 137 Å². The molecule has 5 heteroatoms. The molecule has 1 amide bonds. The Bertz CT molecular complexity index is 589. The normalized spacial score (nSPS) is 23.7. The molecule has 1 aliphatic rings. The number of carbonyl (C=O) groups excluding carboxylic acids is 1. The lowest BCUT2D eigenvalue weighted by molar-refractivity contribution is -0.139. The van der Waals surface area contributed by atoms with Crippen molar-refractivity contribution in [2.75, 3.05) is 0 Å². The zero-order valence-electron chi connectivity index (χ0n) is 14.3. The first-order valence-corrected chi connectivity index (χ1v) is 7.81. The quantitative estimate of drug-likeness (QED) is 0.889. The molecule has 1 fully saturated rings. The van der Waals surface area contributed by atoms with Gasteiger partial charge in [0.05, 0.1) is 12.0 Å². The predicted octanol–water partition coefficient (Wildman–Crippen LogP) is 3.61. The van der Waals surface area contributed by atoms with Crippen molar-refractivity contribution in [3.05, 3.63) is 35.9 Å². The number of carboxylic acid groups (broad SMARTS) is 1. The fraction of sp³-hybridized carbons (Fsp3) is 0.556. The Morgan fingerprint density at radius 3 is 2.22 bits per heavy atom. The molecule has 1 aromatic carbocycles. The Balaban J connectivity index is 2.25. The number of carbonyl (C=O) groups is 2. The lowest BCUT2D eigenvalue weighted by Crippen LogP contribution is -2.36. The Hall–Kier alpha value is -2.04. The molecule has 0 aliphatic heterocycles. The van der Waals surface area contributed by atoms with Crippen LogP contribution in [0.4, 0.5) is 4.79 Å². The molecule has 1 aliphatic carbocycles. The summed E-state index contributed by atoms with van der Waals surface area (Å²) in [6.07, 6.45) is -0.529. The zero-order valence-corrected chi connectivity index (χ0v) is 14.3. The molecule has 2 rings (SSSR count). The number of aliphatic carboxylic acids is 1. The van der Waals surface area contributed by atoms with Crippen LogP contribution in [0.2, 0.25) is 0 Å². The number of carboxylic acids is 1. The molecule has 0 spiro atoms. The van der Waals surface area contributed by atoms with Crippen LogP contribution >= 0.6 is 0 Å². The number of amides is 1. The summed E-state index contributed by atoms with van der Waals surface area (Å²) >= 11 is 0. The summed E-state index contributed by atoms with van der Waals surface area (Å²) in [7, 11) is 0. The van der Waals surface area contributed by atoms with Crippen LogP contribution in [0.15, 0.2) is 30.3 Å². The third-order valence-electron chi connectivity index (χ3n) is 4.37.